The van der Waals surface area contributed by atoms with Gasteiger partial charge in [0.05, 0.1) is 27.5 Å². The van der Waals surface area contributed by atoms with Crippen LogP contribution in [0, 0.1) is 4.77 Å². The van der Waals surface area contributed by atoms with Gasteiger partial charge >= 0.3 is 0 Å². The zero-order chi connectivity index (χ0) is 12.0. The van der Waals surface area contributed by atoms with Gasteiger partial charge in [0.15, 0.2) is 4.77 Å². The highest BCUT2D eigenvalue weighted by molar-refractivity contribution is 7.71. The minimum absolute atomic E-state index is 0.434. The van der Waals surface area contributed by atoms with Crippen molar-refractivity contribution in [3.05, 3.63) is 27.2 Å². The van der Waals surface area contributed by atoms with Crippen LogP contribution in [-0.2, 0) is 0 Å². The van der Waals surface area contributed by atoms with Crippen LogP contribution in [0.4, 0.5) is 0 Å². The van der Waals surface area contributed by atoms with E-state index in [1.54, 1.807) is 10.6 Å². The predicted octanol–water partition coefficient (Wildman–Crippen LogP) is 3.24. The van der Waals surface area contributed by atoms with E-state index < -0.39 is 0 Å². The number of fused-ring (bicyclic) bond motifs is 1. The molecule has 3 aromatic rings. The summed E-state index contributed by atoms with van der Waals surface area (Å²) in [5, 5.41) is 7.43. The first-order valence-electron chi connectivity index (χ1n) is 4.41. The van der Waals surface area contributed by atoms with Crippen LogP contribution < -0.4 is 0 Å². The Hall–Kier alpha value is -1.02. The number of hydrogen-bond acceptors (Lipinski definition) is 5. The number of aromatic amines is 1. The third-order valence-electron chi connectivity index (χ3n) is 2.21. The fourth-order valence-corrected chi connectivity index (χ4v) is 2.89. The molecule has 5 nitrogen and oxygen atoms in total. The normalized spacial score (nSPS) is 11.2. The second-order valence-electron chi connectivity index (χ2n) is 3.18. The number of benzene rings is 1. The van der Waals surface area contributed by atoms with Crippen LogP contribution in [0.1, 0.15) is 0 Å². The lowest BCUT2D eigenvalue weighted by atomic mass is 10.2. The number of rotatable bonds is 1. The van der Waals surface area contributed by atoms with E-state index in [-0.39, 0.29) is 0 Å². The molecule has 0 aliphatic rings. The lowest BCUT2D eigenvalue weighted by Crippen LogP contribution is -1.95. The van der Waals surface area contributed by atoms with Gasteiger partial charge in [-0.2, -0.15) is 13.8 Å². The highest BCUT2D eigenvalue weighted by Gasteiger charge is 2.16. The highest BCUT2D eigenvalue weighted by Crippen LogP contribution is 2.33. The van der Waals surface area contributed by atoms with E-state index in [0.717, 1.165) is 11.7 Å². The van der Waals surface area contributed by atoms with Crippen LogP contribution in [0.2, 0.25) is 10.0 Å². The molecule has 0 radical (unpaired) electrons. The summed E-state index contributed by atoms with van der Waals surface area (Å²) in [5.41, 5.74) is 1.86. The maximum atomic E-state index is 6.17. The fourth-order valence-electron chi connectivity index (χ4n) is 1.50. The van der Waals surface area contributed by atoms with Gasteiger partial charge in [-0.1, -0.05) is 23.2 Å². The van der Waals surface area contributed by atoms with Gasteiger partial charge in [0.1, 0.15) is 17.4 Å². The van der Waals surface area contributed by atoms with Crippen molar-refractivity contribution in [2.24, 2.45) is 0 Å². The SMILES string of the molecule is S=c1[nH]ncn1-c1c(Cl)cc(Cl)c2nsnc12. The molecule has 17 heavy (non-hydrogen) atoms. The van der Waals surface area contributed by atoms with Gasteiger partial charge in [-0.15, -0.1) is 0 Å². The van der Waals surface area contributed by atoms with Crippen molar-refractivity contribution in [2.75, 3.05) is 0 Å². The molecule has 86 valence electrons. The van der Waals surface area contributed by atoms with Crippen LogP contribution in [-0.4, -0.2) is 23.5 Å². The molecule has 2 heterocycles. The summed E-state index contributed by atoms with van der Waals surface area (Å²) in [5.74, 6) is 0. The summed E-state index contributed by atoms with van der Waals surface area (Å²) >= 11 is 18.4. The maximum Gasteiger partial charge on any atom is 0.199 e. The van der Waals surface area contributed by atoms with Gasteiger partial charge in [0, 0.05) is 0 Å². The third-order valence-corrected chi connectivity index (χ3v) is 3.60. The first-order chi connectivity index (χ1) is 8.18. The number of nitrogens with zero attached hydrogens (tertiary/aromatic N) is 4. The Bertz CT molecular complexity index is 759. The topological polar surface area (TPSA) is 59.4 Å². The Kier molecular flexibility index (Phi) is 2.62. The van der Waals surface area contributed by atoms with Crippen molar-refractivity contribution < 1.29 is 0 Å². The number of nitrogens with one attached hydrogen (secondary N) is 1. The maximum absolute atomic E-state index is 6.17. The molecule has 0 unspecified atom stereocenters. The Balaban J connectivity index is 2.48. The highest BCUT2D eigenvalue weighted by atomic mass is 35.5. The minimum Gasteiger partial charge on any atom is -0.271 e. The molecule has 0 bridgehead atoms. The number of aromatic nitrogens is 5. The van der Waals surface area contributed by atoms with Crippen molar-refractivity contribution in [1.29, 1.82) is 0 Å². The Labute approximate surface area is 114 Å². The predicted molar refractivity (Wildman–Crippen MR) is 69.7 cm³/mol. The minimum atomic E-state index is 0.434. The summed E-state index contributed by atoms with van der Waals surface area (Å²) in [7, 11) is 0. The Morgan fingerprint density at radius 1 is 1.24 bits per heavy atom. The molecular formula is C8H3Cl2N5S2. The van der Waals surface area contributed by atoms with Gasteiger partial charge < -0.3 is 0 Å². The second kappa shape index (κ2) is 4.02. The van der Waals surface area contributed by atoms with Crippen LogP contribution in [0.25, 0.3) is 16.7 Å². The smallest absolute Gasteiger partial charge is 0.199 e. The average molecular weight is 304 g/mol. The van der Waals surface area contributed by atoms with Gasteiger partial charge in [0.25, 0.3) is 0 Å². The quantitative estimate of drug-likeness (QED) is 0.701. The lowest BCUT2D eigenvalue weighted by molar-refractivity contribution is 1.04. The van der Waals surface area contributed by atoms with Crippen LogP contribution in [0.15, 0.2) is 12.4 Å². The molecule has 0 aliphatic heterocycles. The molecule has 0 amide bonds. The zero-order valence-electron chi connectivity index (χ0n) is 8.02. The molecule has 0 saturated carbocycles. The first-order valence-corrected chi connectivity index (χ1v) is 6.30. The Morgan fingerprint density at radius 2 is 2.00 bits per heavy atom. The third kappa shape index (κ3) is 1.66. The summed E-state index contributed by atoms with van der Waals surface area (Å²) in [6.07, 6.45) is 1.54. The largest absolute Gasteiger partial charge is 0.271 e. The van der Waals surface area contributed by atoms with Crippen molar-refractivity contribution in [1.82, 2.24) is 23.5 Å². The van der Waals surface area contributed by atoms with Gasteiger partial charge in [-0.3, -0.25) is 9.67 Å². The molecule has 0 fully saturated rings. The molecule has 2 aromatic heterocycles. The van der Waals surface area contributed by atoms with E-state index in [1.807, 2.05) is 0 Å². The van der Waals surface area contributed by atoms with E-state index in [9.17, 15) is 0 Å². The van der Waals surface area contributed by atoms with E-state index >= 15 is 0 Å². The van der Waals surface area contributed by atoms with E-state index in [1.165, 1.54) is 6.33 Å². The summed E-state index contributed by atoms with van der Waals surface area (Å²) in [4.78, 5) is 0. The number of halogens is 2. The van der Waals surface area contributed by atoms with Crippen molar-refractivity contribution in [3.8, 4) is 5.69 Å². The molecular weight excluding hydrogens is 301 g/mol. The van der Waals surface area contributed by atoms with Crippen LogP contribution in [0.5, 0.6) is 0 Å². The molecule has 0 atom stereocenters. The van der Waals surface area contributed by atoms with Gasteiger partial charge in [-0.25, -0.2) is 0 Å². The van der Waals surface area contributed by atoms with Crippen LogP contribution >= 0.6 is 47.1 Å². The molecule has 0 aliphatic carbocycles. The first kappa shape index (κ1) is 11.1. The van der Waals surface area contributed by atoms with Crippen molar-refractivity contribution in [2.45, 2.75) is 0 Å². The zero-order valence-corrected chi connectivity index (χ0v) is 11.2. The summed E-state index contributed by atoms with van der Waals surface area (Å²) in [6, 6.07) is 1.62. The molecule has 0 saturated heterocycles. The molecule has 1 aromatic carbocycles. The lowest BCUT2D eigenvalue weighted by Gasteiger charge is -2.05. The average Bonchev–Trinajstić information content (AvgIpc) is 2.88. The molecule has 0 spiro atoms. The molecule has 9 heteroatoms. The van der Waals surface area contributed by atoms with Crippen LogP contribution in [0.3, 0.4) is 0 Å². The second-order valence-corrected chi connectivity index (χ2v) is 4.91. The summed E-state index contributed by atoms with van der Waals surface area (Å²) in [6.45, 7) is 0. The molecule has 1 N–H and O–H groups in total. The van der Waals surface area contributed by atoms with Gasteiger partial charge in [-0.05, 0) is 18.3 Å². The number of H-pyrrole nitrogens is 1. The number of hydrogen-bond donors (Lipinski definition) is 1. The van der Waals surface area contributed by atoms with Crippen molar-refractivity contribution >= 4 is 58.2 Å². The standard InChI is InChI=1S/C8H3Cl2N5S2/c9-3-1-4(10)7(6-5(3)13-17-14-6)15-2-11-12-8(15)16/h1-2H,(H,12,16). The van der Waals surface area contributed by atoms with Gasteiger partial charge in [0.2, 0.25) is 0 Å². The van der Waals surface area contributed by atoms with E-state index in [0.29, 0.717) is 31.5 Å². The summed E-state index contributed by atoms with van der Waals surface area (Å²) < 4.78 is 10.4. The van der Waals surface area contributed by atoms with Crippen molar-refractivity contribution in [3.63, 3.8) is 0 Å². The monoisotopic (exact) mass is 303 g/mol. The molecule has 3 rings (SSSR count). The fraction of sp³-hybridized carbons (Fsp3) is 0. The van der Waals surface area contributed by atoms with E-state index in [4.69, 9.17) is 35.4 Å². The van der Waals surface area contributed by atoms with E-state index in [2.05, 4.69) is 18.9 Å². The Morgan fingerprint density at radius 3 is 2.71 bits per heavy atom.